The number of sulfonamides is 1. The van der Waals surface area contributed by atoms with Crippen LogP contribution >= 0.6 is 0 Å². The highest BCUT2D eigenvalue weighted by Crippen LogP contribution is 2.28. The Bertz CT molecular complexity index is 1380. The number of nitrogens with zero attached hydrogens (tertiary/aromatic N) is 1. The standard InChI is InChI=1S/C23H21N3O3S/c1-15-12-13-18(22-19-10-6-7-11-20(19)23(27)25-24-22)14-21(15)30(28,29)26-16(2)17-8-4-3-5-9-17/h3-14,16,26H,1-2H3,(H,25,27)/t16-/m1/s1. The highest BCUT2D eigenvalue weighted by Gasteiger charge is 2.22. The maximum Gasteiger partial charge on any atom is 0.272 e. The van der Waals surface area contributed by atoms with E-state index < -0.39 is 10.0 Å². The van der Waals surface area contributed by atoms with Crippen molar-refractivity contribution in [2.24, 2.45) is 0 Å². The molecular weight excluding hydrogens is 398 g/mol. The summed E-state index contributed by atoms with van der Waals surface area (Å²) in [5.41, 5.74) is 2.36. The number of aromatic nitrogens is 2. The van der Waals surface area contributed by atoms with Crippen molar-refractivity contribution in [2.75, 3.05) is 0 Å². The van der Waals surface area contributed by atoms with E-state index >= 15 is 0 Å². The second-order valence-corrected chi connectivity index (χ2v) is 8.86. The molecule has 0 bridgehead atoms. The molecule has 1 heterocycles. The van der Waals surface area contributed by atoms with Crippen LogP contribution in [0.2, 0.25) is 0 Å². The minimum Gasteiger partial charge on any atom is -0.267 e. The van der Waals surface area contributed by atoms with Gasteiger partial charge in [0.2, 0.25) is 10.0 Å². The van der Waals surface area contributed by atoms with Gasteiger partial charge < -0.3 is 0 Å². The Morgan fingerprint density at radius 3 is 2.33 bits per heavy atom. The Hall–Kier alpha value is -3.29. The Morgan fingerprint density at radius 2 is 1.60 bits per heavy atom. The minimum atomic E-state index is -3.78. The van der Waals surface area contributed by atoms with Gasteiger partial charge in [-0.3, -0.25) is 4.79 Å². The van der Waals surface area contributed by atoms with Gasteiger partial charge in [0.25, 0.3) is 5.56 Å². The van der Waals surface area contributed by atoms with E-state index in [1.807, 2.05) is 49.4 Å². The van der Waals surface area contributed by atoms with Crippen molar-refractivity contribution < 1.29 is 8.42 Å². The zero-order valence-corrected chi connectivity index (χ0v) is 17.4. The molecule has 0 amide bonds. The summed E-state index contributed by atoms with van der Waals surface area (Å²) in [6, 6.07) is 21.3. The van der Waals surface area contributed by atoms with Crippen LogP contribution in [0.1, 0.15) is 24.1 Å². The molecule has 1 atom stereocenters. The number of hydrogen-bond acceptors (Lipinski definition) is 4. The van der Waals surface area contributed by atoms with Gasteiger partial charge in [0.1, 0.15) is 0 Å². The second kappa shape index (κ2) is 7.85. The number of H-pyrrole nitrogens is 1. The van der Waals surface area contributed by atoms with Crippen molar-refractivity contribution >= 4 is 20.8 Å². The van der Waals surface area contributed by atoms with Crippen molar-refractivity contribution in [1.29, 1.82) is 0 Å². The molecule has 1 aromatic heterocycles. The summed E-state index contributed by atoms with van der Waals surface area (Å²) in [5, 5.41) is 7.85. The molecule has 152 valence electrons. The summed E-state index contributed by atoms with van der Waals surface area (Å²) < 4.78 is 29.0. The molecule has 0 radical (unpaired) electrons. The normalized spacial score (nSPS) is 12.7. The lowest BCUT2D eigenvalue weighted by molar-refractivity contribution is 0.566. The van der Waals surface area contributed by atoms with Gasteiger partial charge in [0, 0.05) is 17.0 Å². The Morgan fingerprint density at radius 1 is 0.933 bits per heavy atom. The monoisotopic (exact) mass is 419 g/mol. The van der Waals surface area contributed by atoms with Gasteiger partial charge in [-0.05, 0) is 37.1 Å². The average molecular weight is 420 g/mol. The molecule has 0 aliphatic heterocycles. The van der Waals surface area contributed by atoms with Gasteiger partial charge in [-0.2, -0.15) is 5.10 Å². The van der Waals surface area contributed by atoms with Gasteiger partial charge in [-0.25, -0.2) is 18.2 Å². The molecule has 0 unspecified atom stereocenters. The van der Waals surface area contributed by atoms with Crippen LogP contribution < -0.4 is 10.3 Å². The molecule has 0 aliphatic carbocycles. The molecule has 4 rings (SSSR count). The number of benzene rings is 3. The lowest BCUT2D eigenvalue weighted by atomic mass is 10.0. The van der Waals surface area contributed by atoms with E-state index in [4.69, 9.17) is 0 Å². The summed E-state index contributed by atoms with van der Waals surface area (Å²) in [6.45, 7) is 3.56. The van der Waals surface area contributed by atoms with Gasteiger partial charge in [-0.1, -0.05) is 60.7 Å². The Labute approximate surface area is 174 Å². The fraction of sp³-hybridized carbons (Fsp3) is 0.130. The van der Waals surface area contributed by atoms with Gasteiger partial charge in [-0.15, -0.1) is 0 Å². The molecule has 6 nitrogen and oxygen atoms in total. The third-order valence-corrected chi connectivity index (χ3v) is 6.76. The van der Waals surface area contributed by atoms with Crippen molar-refractivity contribution in [3.8, 4) is 11.3 Å². The first-order valence-corrected chi connectivity index (χ1v) is 11.0. The first kappa shape index (κ1) is 20.0. The SMILES string of the molecule is Cc1ccc(-c2n[nH]c(=O)c3ccccc23)cc1S(=O)(=O)N[C@H](C)c1ccccc1. The topological polar surface area (TPSA) is 91.9 Å². The van der Waals surface area contributed by atoms with E-state index in [-0.39, 0.29) is 16.5 Å². The number of aryl methyl sites for hydroxylation is 1. The predicted octanol–water partition coefficient (Wildman–Crippen LogP) is 3.94. The smallest absolute Gasteiger partial charge is 0.267 e. The lowest BCUT2D eigenvalue weighted by Crippen LogP contribution is -2.27. The van der Waals surface area contributed by atoms with Crippen molar-refractivity contribution in [3.05, 3.63) is 94.3 Å². The number of hydrogen-bond donors (Lipinski definition) is 2. The van der Waals surface area contributed by atoms with Crippen LogP contribution in [0.15, 0.2) is 82.5 Å². The van der Waals surface area contributed by atoms with E-state index in [0.717, 1.165) is 5.56 Å². The maximum atomic E-state index is 13.1. The number of aromatic amines is 1. The summed E-state index contributed by atoms with van der Waals surface area (Å²) in [6.07, 6.45) is 0. The van der Waals surface area contributed by atoms with E-state index in [2.05, 4.69) is 14.9 Å². The molecule has 3 aromatic carbocycles. The molecule has 0 aliphatic rings. The van der Waals surface area contributed by atoms with Crippen LogP contribution in [-0.2, 0) is 10.0 Å². The molecule has 30 heavy (non-hydrogen) atoms. The van der Waals surface area contributed by atoms with Gasteiger partial charge in [0.15, 0.2) is 0 Å². The second-order valence-electron chi connectivity index (χ2n) is 7.18. The molecular formula is C23H21N3O3S. The molecule has 0 fully saturated rings. The zero-order chi connectivity index (χ0) is 21.3. The maximum absolute atomic E-state index is 13.1. The highest BCUT2D eigenvalue weighted by atomic mass is 32.2. The van der Waals surface area contributed by atoms with Crippen molar-refractivity contribution in [1.82, 2.24) is 14.9 Å². The Kier molecular flexibility index (Phi) is 5.24. The van der Waals surface area contributed by atoms with Crippen molar-refractivity contribution in [3.63, 3.8) is 0 Å². The van der Waals surface area contributed by atoms with Crippen LogP contribution in [0.25, 0.3) is 22.0 Å². The molecule has 0 saturated carbocycles. The molecule has 0 saturated heterocycles. The third-order valence-electron chi connectivity index (χ3n) is 5.08. The highest BCUT2D eigenvalue weighted by molar-refractivity contribution is 7.89. The number of rotatable bonds is 5. The average Bonchev–Trinajstić information content (AvgIpc) is 2.75. The molecule has 7 heteroatoms. The summed E-state index contributed by atoms with van der Waals surface area (Å²) in [4.78, 5) is 12.3. The fourth-order valence-corrected chi connectivity index (χ4v) is 4.98. The van der Waals surface area contributed by atoms with Crippen LogP contribution in [0.4, 0.5) is 0 Å². The molecule has 0 spiro atoms. The van der Waals surface area contributed by atoms with Gasteiger partial charge >= 0.3 is 0 Å². The zero-order valence-electron chi connectivity index (χ0n) is 16.6. The van der Waals surface area contributed by atoms with Crippen LogP contribution in [0.5, 0.6) is 0 Å². The summed E-state index contributed by atoms with van der Waals surface area (Å²) >= 11 is 0. The predicted molar refractivity (Wildman–Crippen MR) is 118 cm³/mol. The van der Waals surface area contributed by atoms with Crippen molar-refractivity contribution in [2.45, 2.75) is 24.8 Å². The van der Waals surface area contributed by atoms with E-state index in [9.17, 15) is 13.2 Å². The minimum absolute atomic E-state index is 0.180. The van der Waals surface area contributed by atoms with E-state index in [0.29, 0.717) is 27.6 Å². The summed E-state index contributed by atoms with van der Waals surface area (Å²) in [5.74, 6) is 0. The number of nitrogens with one attached hydrogen (secondary N) is 2. The summed E-state index contributed by atoms with van der Waals surface area (Å²) in [7, 11) is -3.78. The first-order valence-electron chi connectivity index (χ1n) is 9.52. The molecule has 2 N–H and O–H groups in total. The quantitative estimate of drug-likeness (QED) is 0.513. The molecule has 4 aromatic rings. The van der Waals surface area contributed by atoms with Crippen LogP contribution in [0, 0.1) is 6.92 Å². The van der Waals surface area contributed by atoms with E-state index in [1.165, 1.54) is 0 Å². The largest absolute Gasteiger partial charge is 0.272 e. The fourth-order valence-electron chi connectivity index (χ4n) is 3.48. The lowest BCUT2D eigenvalue weighted by Gasteiger charge is -2.16. The van der Waals surface area contributed by atoms with Crippen LogP contribution in [0.3, 0.4) is 0 Å². The van der Waals surface area contributed by atoms with E-state index in [1.54, 1.807) is 37.3 Å². The van der Waals surface area contributed by atoms with Crippen LogP contribution in [-0.4, -0.2) is 18.6 Å². The third kappa shape index (κ3) is 3.77. The first-order chi connectivity index (χ1) is 14.4. The Balaban J connectivity index is 1.78. The van der Waals surface area contributed by atoms with Gasteiger partial charge in [0.05, 0.1) is 16.0 Å². The number of fused-ring (bicyclic) bond motifs is 1.